The van der Waals surface area contributed by atoms with Crippen molar-refractivity contribution in [3.05, 3.63) is 29.8 Å². The van der Waals surface area contributed by atoms with Crippen molar-refractivity contribution >= 4 is 15.9 Å². The molecule has 0 saturated carbocycles. The lowest BCUT2D eigenvalue weighted by Crippen LogP contribution is -2.31. The number of amides is 1. The van der Waals surface area contributed by atoms with E-state index < -0.39 is 10.0 Å². The highest BCUT2D eigenvalue weighted by Crippen LogP contribution is 2.16. The molecule has 1 amide bonds. The zero-order chi connectivity index (χ0) is 16.2. The van der Waals surface area contributed by atoms with Gasteiger partial charge in [0.2, 0.25) is 10.0 Å². The van der Waals surface area contributed by atoms with Gasteiger partial charge in [-0.3, -0.25) is 4.79 Å². The first-order valence-corrected chi connectivity index (χ1v) is 8.92. The molecule has 1 unspecified atom stereocenters. The van der Waals surface area contributed by atoms with Crippen LogP contribution in [0.5, 0.6) is 0 Å². The van der Waals surface area contributed by atoms with Gasteiger partial charge in [0.25, 0.3) is 5.91 Å². The van der Waals surface area contributed by atoms with Gasteiger partial charge in [-0.25, -0.2) is 13.6 Å². The smallest absolute Gasteiger partial charge is 0.253 e. The maximum absolute atomic E-state index is 12.3. The van der Waals surface area contributed by atoms with E-state index in [1.54, 1.807) is 11.9 Å². The SMILES string of the molecule is CN(CCC1CCCCO1)C(=O)c1ccc(S(N)(=O)=O)cc1. The number of ether oxygens (including phenoxy) is 1. The third-order valence-electron chi connectivity index (χ3n) is 3.84. The van der Waals surface area contributed by atoms with Crippen molar-refractivity contribution in [2.45, 2.75) is 36.7 Å². The standard InChI is InChI=1S/C15H22N2O4S/c1-17(10-9-13-4-2-3-11-21-13)15(18)12-5-7-14(8-6-12)22(16,19)20/h5-8,13H,2-4,9-11H2,1H3,(H2,16,19,20). The Labute approximate surface area is 131 Å². The number of carbonyl (C=O) groups excluding carboxylic acids is 1. The van der Waals surface area contributed by atoms with E-state index in [0.717, 1.165) is 25.9 Å². The average Bonchev–Trinajstić information content (AvgIpc) is 2.52. The minimum atomic E-state index is -3.73. The van der Waals surface area contributed by atoms with Gasteiger partial charge in [0.1, 0.15) is 0 Å². The van der Waals surface area contributed by atoms with Crippen molar-refractivity contribution in [3.63, 3.8) is 0 Å². The van der Waals surface area contributed by atoms with Gasteiger partial charge in [-0.05, 0) is 49.9 Å². The van der Waals surface area contributed by atoms with E-state index in [4.69, 9.17) is 9.88 Å². The fourth-order valence-corrected chi connectivity index (χ4v) is 3.00. The fourth-order valence-electron chi connectivity index (χ4n) is 2.48. The molecule has 0 radical (unpaired) electrons. The molecule has 1 aliphatic rings. The lowest BCUT2D eigenvalue weighted by molar-refractivity contribution is 0.00709. The molecular formula is C15H22N2O4S. The van der Waals surface area contributed by atoms with Crippen LogP contribution in [0.25, 0.3) is 0 Å². The molecule has 1 heterocycles. The minimum Gasteiger partial charge on any atom is -0.378 e. The highest BCUT2D eigenvalue weighted by atomic mass is 32.2. The summed E-state index contributed by atoms with van der Waals surface area (Å²) in [6.07, 6.45) is 4.38. The highest BCUT2D eigenvalue weighted by Gasteiger charge is 2.17. The second-order valence-corrected chi connectivity index (χ2v) is 7.13. The van der Waals surface area contributed by atoms with Crippen molar-refractivity contribution in [1.82, 2.24) is 4.90 Å². The van der Waals surface area contributed by atoms with Crippen molar-refractivity contribution < 1.29 is 17.9 Å². The molecule has 0 bridgehead atoms. The third kappa shape index (κ3) is 4.53. The molecule has 1 atom stereocenters. The normalized spacial score (nSPS) is 18.9. The lowest BCUT2D eigenvalue weighted by Gasteiger charge is -2.25. The lowest BCUT2D eigenvalue weighted by atomic mass is 10.1. The molecule has 0 aliphatic carbocycles. The summed E-state index contributed by atoms with van der Waals surface area (Å²) in [7, 11) is -2.00. The van der Waals surface area contributed by atoms with Crippen LogP contribution in [0.1, 0.15) is 36.0 Å². The van der Waals surface area contributed by atoms with E-state index in [1.807, 2.05) is 0 Å². The van der Waals surface area contributed by atoms with Crippen LogP contribution in [-0.2, 0) is 14.8 Å². The fraction of sp³-hybridized carbons (Fsp3) is 0.533. The molecule has 0 spiro atoms. The van der Waals surface area contributed by atoms with E-state index in [1.165, 1.54) is 30.7 Å². The second-order valence-electron chi connectivity index (χ2n) is 5.57. The molecule has 0 aromatic heterocycles. The average molecular weight is 326 g/mol. The Hall–Kier alpha value is -1.44. The van der Waals surface area contributed by atoms with E-state index in [0.29, 0.717) is 12.1 Å². The molecule has 1 aromatic carbocycles. The second kappa shape index (κ2) is 7.21. The number of hydrogen-bond donors (Lipinski definition) is 1. The molecule has 1 aromatic rings. The molecule has 1 aliphatic heterocycles. The van der Waals surface area contributed by atoms with E-state index in [2.05, 4.69) is 0 Å². The van der Waals surface area contributed by atoms with Crippen LogP contribution in [-0.4, -0.2) is 45.5 Å². The van der Waals surface area contributed by atoms with Crippen LogP contribution >= 0.6 is 0 Å². The Balaban J connectivity index is 1.92. The monoisotopic (exact) mass is 326 g/mol. The summed E-state index contributed by atoms with van der Waals surface area (Å²) in [5, 5.41) is 5.04. The first kappa shape index (κ1) is 16.9. The molecule has 2 N–H and O–H groups in total. The van der Waals surface area contributed by atoms with Crippen molar-refractivity contribution in [2.24, 2.45) is 5.14 Å². The number of rotatable bonds is 5. The van der Waals surface area contributed by atoms with E-state index in [-0.39, 0.29) is 16.9 Å². The van der Waals surface area contributed by atoms with Crippen molar-refractivity contribution in [1.29, 1.82) is 0 Å². The molecular weight excluding hydrogens is 304 g/mol. The van der Waals surface area contributed by atoms with Gasteiger partial charge in [0.15, 0.2) is 0 Å². The maximum Gasteiger partial charge on any atom is 0.253 e. The van der Waals surface area contributed by atoms with Crippen LogP contribution < -0.4 is 5.14 Å². The van der Waals surface area contributed by atoms with E-state index in [9.17, 15) is 13.2 Å². The zero-order valence-corrected chi connectivity index (χ0v) is 13.5. The zero-order valence-electron chi connectivity index (χ0n) is 12.7. The molecule has 122 valence electrons. The van der Waals surface area contributed by atoms with Crippen LogP contribution in [0.3, 0.4) is 0 Å². The summed E-state index contributed by atoms with van der Waals surface area (Å²) in [5.41, 5.74) is 0.444. The number of primary sulfonamides is 1. The van der Waals surface area contributed by atoms with Crippen LogP contribution in [0.15, 0.2) is 29.2 Å². The summed E-state index contributed by atoms with van der Waals surface area (Å²) in [6.45, 7) is 1.41. The van der Waals surface area contributed by atoms with Crippen LogP contribution in [0.4, 0.5) is 0 Å². The summed E-state index contributed by atoms with van der Waals surface area (Å²) in [5.74, 6) is -0.142. The largest absolute Gasteiger partial charge is 0.378 e. The Bertz CT molecular complexity index is 607. The Kier molecular flexibility index (Phi) is 5.55. The molecule has 1 fully saturated rings. The topological polar surface area (TPSA) is 89.7 Å². The van der Waals surface area contributed by atoms with Crippen LogP contribution in [0, 0.1) is 0 Å². The Morgan fingerprint density at radius 2 is 2.00 bits per heavy atom. The minimum absolute atomic E-state index is 0.00214. The van der Waals surface area contributed by atoms with Gasteiger partial charge < -0.3 is 9.64 Å². The van der Waals surface area contributed by atoms with Gasteiger partial charge in [-0.1, -0.05) is 0 Å². The van der Waals surface area contributed by atoms with Crippen molar-refractivity contribution in [2.75, 3.05) is 20.2 Å². The molecule has 2 rings (SSSR count). The quantitative estimate of drug-likeness (QED) is 0.885. The first-order valence-electron chi connectivity index (χ1n) is 7.38. The van der Waals surface area contributed by atoms with Gasteiger partial charge >= 0.3 is 0 Å². The van der Waals surface area contributed by atoms with Crippen molar-refractivity contribution in [3.8, 4) is 0 Å². The number of carbonyl (C=O) groups is 1. The number of sulfonamides is 1. The molecule has 7 heteroatoms. The molecule has 1 saturated heterocycles. The van der Waals surface area contributed by atoms with Crippen LogP contribution in [0.2, 0.25) is 0 Å². The number of hydrogen-bond acceptors (Lipinski definition) is 4. The number of nitrogens with two attached hydrogens (primary N) is 1. The van der Waals surface area contributed by atoms with Gasteiger partial charge in [0, 0.05) is 25.8 Å². The number of benzene rings is 1. The maximum atomic E-state index is 12.3. The summed E-state index contributed by atoms with van der Waals surface area (Å²) >= 11 is 0. The summed E-state index contributed by atoms with van der Waals surface area (Å²) < 4.78 is 28.0. The Morgan fingerprint density at radius 1 is 1.32 bits per heavy atom. The summed E-state index contributed by atoms with van der Waals surface area (Å²) in [4.78, 5) is 13.9. The first-order chi connectivity index (χ1) is 10.4. The highest BCUT2D eigenvalue weighted by molar-refractivity contribution is 7.89. The van der Waals surface area contributed by atoms with E-state index >= 15 is 0 Å². The molecule has 22 heavy (non-hydrogen) atoms. The van der Waals surface area contributed by atoms with Gasteiger partial charge in [-0.15, -0.1) is 0 Å². The predicted octanol–water partition coefficient (Wildman–Crippen LogP) is 1.37. The van der Waals surface area contributed by atoms with Gasteiger partial charge in [0.05, 0.1) is 11.0 Å². The number of nitrogens with zero attached hydrogens (tertiary/aromatic N) is 1. The predicted molar refractivity (Wildman–Crippen MR) is 83.0 cm³/mol. The third-order valence-corrected chi connectivity index (χ3v) is 4.77. The Morgan fingerprint density at radius 3 is 2.55 bits per heavy atom. The van der Waals surface area contributed by atoms with Gasteiger partial charge in [-0.2, -0.15) is 0 Å². The summed E-state index contributed by atoms with van der Waals surface area (Å²) in [6, 6.07) is 5.66. The molecule has 6 nitrogen and oxygen atoms in total.